The van der Waals surface area contributed by atoms with Gasteiger partial charge in [-0.05, 0) is 25.5 Å². The number of aromatic hydroxyl groups is 1. The Bertz CT molecular complexity index is 350. The molecule has 1 aliphatic rings. The smallest absolute Gasteiger partial charge is 0.121 e. The number of phenols is 1. The van der Waals surface area contributed by atoms with Crippen LogP contribution in [0.1, 0.15) is 18.9 Å². The summed E-state index contributed by atoms with van der Waals surface area (Å²) in [4.78, 5) is 0. The molecule has 0 aliphatic carbocycles. The molecule has 1 fully saturated rings. The van der Waals surface area contributed by atoms with Crippen LogP contribution in [-0.4, -0.2) is 23.9 Å². The zero-order valence-electron chi connectivity index (χ0n) is 9.24. The predicted molar refractivity (Wildman–Crippen MR) is 63.8 cm³/mol. The molecule has 0 amide bonds. The van der Waals surface area contributed by atoms with Crippen LogP contribution < -0.4 is 5.32 Å². The van der Waals surface area contributed by atoms with Crippen LogP contribution in [0.5, 0.6) is 5.75 Å². The molecule has 1 aromatic rings. The molecule has 4 heteroatoms. The highest BCUT2D eigenvalue weighted by Gasteiger charge is 2.23. The second kappa shape index (κ2) is 5.04. The van der Waals surface area contributed by atoms with E-state index in [2.05, 4.69) is 12.2 Å². The first-order chi connectivity index (χ1) is 7.68. The Kier molecular flexibility index (Phi) is 3.69. The van der Waals surface area contributed by atoms with E-state index in [4.69, 9.17) is 16.3 Å². The molecule has 0 spiro atoms. The zero-order chi connectivity index (χ0) is 11.5. The number of ether oxygens (including phenoxy) is 1. The van der Waals surface area contributed by atoms with Crippen molar-refractivity contribution in [3.05, 3.63) is 28.8 Å². The maximum absolute atomic E-state index is 9.68. The number of halogens is 1. The quantitative estimate of drug-likeness (QED) is 0.854. The highest BCUT2D eigenvalue weighted by molar-refractivity contribution is 6.31. The summed E-state index contributed by atoms with van der Waals surface area (Å²) in [5.41, 5.74) is 0.753. The first-order valence-electron chi connectivity index (χ1n) is 5.50. The molecular formula is C12H16ClNO2. The minimum atomic E-state index is 0.227. The summed E-state index contributed by atoms with van der Waals surface area (Å²) in [7, 11) is 0. The van der Waals surface area contributed by atoms with Gasteiger partial charge in [0.2, 0.25) is 0 Å². The lowest BCUT2D eigenvalue weighted by molar-refractivity contribution is 0.113. The molecule has 0 aromatic heterocycles. The van der Waals surface area contributed by atoms with E-state index < -0.39 is 0 Å². The fourth-order valence-corrected chi connectivity index (χ4v) is 2.19. The van der Waals surface area contributed by atoms with E-state index in [9.17, 15) is 5.11 Å². The maximum Gasteiger partial charge on any atom is 0.121 e. The van der Waals surface area contributed by atoms with Crippen LogP contribution in [0.4, 0.5) is 0 Å². The third-order valence-electron chi connectivity index (χ3n) is 3.01. The Balaban J connectivity index is 1.99. The largest absolute Gasteiger partial charge is 0.508 e. The topological polar surface area (TPSA) is 41.5 Å². The molecular weight excluding hydrogens is 226 g/mol. The highest BCUT2D eigenvalue weighted by Crippen LogP contribution is 2.25. The molecule has 1 saturated heterocycles. The number of hydrogen-bond acceptors (Lipinski definition) is 3. The van der Waals surface area contributed by atoms with Gasteiger partial charge in [0.15, 0.2) is 0 Å². The summed E-state index contributed by atoms with van der Waals surface area (Å²) in [5, 5.41) is 13.6. The molecule has 2 atom stereocenters. The summed E-state index contributed by atoms with van der Waals surface area (Å²) < 4.78 is 5.46. The van der Waals surface area contributed by atoms with E-state index >= 15 is 0 Å². The first-order valence-corrected chi connectivity index (χ1v) is 5.87. The Hall–Kier alpha value is -0.770. The van der Waals surface area contributed by atoms with E-state index in [0.29, 0.717) is 17.6 Å². The van der Waals surface area contributed by atoms with Gasteiger partial charge in [-0.2, -0.15) is 0 Å². The fourth-order valence-electron chi connectivity index (χ4n) is 1.96. The van der Waals surface area contributed by atoms with Gasteiger partial charge in [0.05, 0.1) is 6.10 Å². The third kappa shape index (κ3) is 2.48. The SMILES string of the molecule is CC1OCCC1NCc1c(O)cccc1Cl. The molecule has 1 aliphatic heterocycles. The summed E-state index contributed by atoms with van der Waals surface area (Å²) in [6, 6.07) is 5.52. The van der Waals surface area contributed by atoms with E-state index in [1.165, 1.54) is 0 Å². The summed E-state index contributed by atoms with van der Waals surface area (Å²) in [6.07, 6.45) is 1.23. The van der Waals surface area contributed by atoms with Gasteiger partial charge in [-0.25, -0.2) is 0 Å². The number of rotatable bonds is 3. The maximum atomic E-state index is 9.68. The van der Waals surface area contributed by atoms with Gasteiger partial charge in [0, 0.05) is 29.8 Å². The lowest BCUT2D eigenvalue weighted by Crippen LogP contribution is -2.34. The van der Waals surface area contributed by atoms with E-state index in [-0.39, 0.29) is 11.9 Å². The lowest BCUT2D eigenvalue weighted by Gasteiger charge is -2.17. The predicted octanol–water partition coefficient (Wildman–Crippen LogP) is 2.31. The summed E-state index contributed by atoms with van der Waals surface area (Å²) >= 11 is 6.02. The molecule has 88 valence electrons. The standard InChI is InChI=1S/C12H16ClNO2/c1-8-11(5-6-16-8)14-7-9-10(13)3-2-4-12(9)15/h2-4,8,11,14-15H,5-7H2,1H3. The Labute approximate surface area is 100 Å². The van der Waals surface area contributed by atoms with Crippen LogP contribution in [0.15, 0.2) is 18.2 Å². The van der Waals surface area contributed by atoms with Crippen molar-refractivity contribution in [2.24, 2.45) is 0 Å². The molecule has 3 nitrogen and oxygen atoms in total. The van der Waals surface area contributed by atoms with Gasteiger partial charge in [-0.1, -0.05) is 17.7 Å². The van der Waals surface area contributed by atoms with Crippen LogP contribution >= 0.6 is 11.6 Å². The van der Waals surface area contributed by atoms with Crippen molar-refractivity contribution in [2.45, 2.75) is 32.0 Å². The minimum Gasteiger partial charge on any atom is -0.508 e. The number of phenolic OH excluding ortho intramolecular Hbond substituents is 1. The lowest BCUT2D eigenvalue weighted by atomic mass is 10.1. The first kappa shape index (κ1) is 11.7. The van der Waals surface area contributed by atoms with Crippen molar-refractivity contribution in [2.75, 3.05) is 6.61 Å². The molecule has 0 radical (unpaired) electrons. The average Bonchev–Trinajstić information content (AvgIpc) is 2.64. The normalized spacial score (nSPS) is 24.9. The second-order valence-corrected chi connectivity index (χ2v) is 4.50. The second-order valence-electron chi connectivity index (χ2n) is 4.09. The van der Waals surface area contributed by atoms with Crippen molar-refractivity contribution in [1.82, 2.24) is 5.32 Å². The van der Waals surface area contributed by atoms with E-state index in [1.54, 1.807) is 18.2 Å². The van der Waals surface area contributed by atoms with E-state index in [0.717, 1.165) is 18.6 Å². The van der Waals surface area contributed by atoms with Gasteiger partial charge in [0.25, 0.3) is 0 Å². The Morgan fingerprint density at radius 3 is 3.00 bits per heavy atom. The molecule has 2 unspecified atom stereocenters. The summed E-state index contributed by atoms with van der Waals surface area (Å²) in [6.45, 7) is 3.42. The molecule has 2 N–H and O–H groups in total. The van der Waals surface area contributed by atoms with Crippen LogP contribution in [0.2, 0.25) is 5.02 Å². The number of hydrogen-bond donors (Lipinski definition) is 2. The van der Waals surface area contributed by atoms with Crippen molar-refractivity contribution < 1.29 is 9.84 Å². The molecule has 1 aromatic carbocycles. The monoisotopic (exact) mass is 241 g/mol. The van der Waals surface area contributed by atoms with Gasteiger partial charge in [-0.15, -0.1) is 0 Å². The molecule has 0 saturated carbocycles. The fraction of sp³-hybridized carbons (Fsp3) is 0.500. The van der Waals surface area contributed by atoms with Crippen LogP contribution in [-0.2, 0) is 11.3 Å². The van der Waals surface area contributed by atoms with Crippen molar-refractivity contribution in [3.8, 4) is 5.75 Å². The van der Waals surface area contributed by atoms with Crippen molar-refractivity contribution in [3.63, 3.8) is 0 Å². The molecule has 2 rings (SSSR count). The van der Waals surface area contributed by atoms with Crippen LogP contribution in [0.25, 0.3) is 0 Å². The van der Waals surface area contributed by atoms with Crippen LogP contribution in [0, 0.1) is 0 Å². The molecule has 1 heterocycles. The van der Waals surface area contributed by atoms with Gasteiger partial charge in [0.1, 0.15) is 5.75 Å². The Morgan fingerprint density at radius 2 is 2.38 bits per heavy atom. The minimum absolute atomic E-state index is 0.227. The van der Waals surface area contributed by atoms with Crippen molar-refractivity contribution in [1.29, 1.82) is 0 Å². The number of nitrogens with one attached hydrogen (secondary N) is 1. The highest BCUT2D eigenvalue weighted by atomic mass is 35.5. The van der Waals surface area contributed by atoms with Gasteiger partial charge >= 0.3 is 0 Å². The molecule has 16 heavy (non-hydrogen) atoms. The van der Waals surface area contributed by atoms with Gasteiger partial charge in [-0.3, -0.25) is 0 Å². The average molecular weight is 242 g/mol. The molecule has 0 bridgehead atoms. The van der Waals surface area contributed by atoms with Gasteiger partial charge < -0.3 is 15.2 Å². The Morgan fingerprint density at radius 1 is 1.56 bits per heavy atom. The van der Waals surface area contributed by atoms with E-state index in [1.807, 2.05) is 0 Å². The van der Waals surface area contributed by atoms with Crippen molar-refractivity contribution >= 4 is 11.6 Å². The zero-order valence-corrected chi connectivity index (χ0v) is 10.00. The summed E-state index contributed by atoms with van der Waals surface area (Å²) in [5.74, 6) is 0.242. The number of benzene rings is 1. The van der Waals surface area contributed by atoms with Crippen LogP contribution in [0.3, 0.4) is 0 Å². The third-order valence-corrected chi connectivity index (χ3v) is 3.37.